The molecule has 1 aliphatic carbocycles. The van der Waals surface area contributed by atoms with E-state index in [-0.39, 0.29) is 11.7 Å². The van der Waals surface area contributed by atoms with E-state index in [9.17, 15) is 4.79 Å². The highest BCUT2D eigenvalue weighted by Crippen LogP contribution is 2.29. The molecule has 0 spiro atoms. The van der Waals surface area contributed by atoms with Gasteiger partial charge in [0, 0.05) is 24.6 Å². The maximum atomic E-state index is 12.5. The molecule has 0 radical (unpaired) electrons. The minimum atomic E-state index is 0.0899. The standard InChI is InChI=1S/C17H25NO2/c1-4-14(12-18(2)11-13-5-6-13)17(19)15-7-9-16(20-3)10-8-15/h7-10,13-14H,4-6,11-12H2,1-3H3. The molecule has 0 aromatic heterocycles. The number of nitrogens with zero attached hydrogens (tertiary/aromatic N) is 1. The van der Waals surface area contributed by atoms with Crippen LogP contribution < -0.4 is 4.74 Å². The van der Waals surface area contributed by atoms with Crippen LogP contribution in [0, 0.1) is 11.8 Å². The summed E-state index contributed by atoms with van der Waals surface area (Å²) < 4.78 is 5.13. The molecule has 110 valence electrons. The fourth-order valence-corrected chi connectivity index (χ4v) is 2.58. The normalized spacial score (nSPS) is 16.2. The number of hydrogen-bond donors (Lipinski definition) is 0. The predicted molar refractivity (Wildman–Crippen MR) is 81.3 cm³/mol. The van der Waals surface area contributed by atoms with Crippen LogP contribution in [0.5, 0.6) is 5.75 Å². The van der Waals surface area contributed by atoms with Crippen LogP contribution in [-0.4, -0.2) is 37.9 Å². The minimum Gasteiger partial charge on any atom is -0.497 e. The Morgan fingerprint density at radius 2 is 2.00 bits per heavy atom. The van der Waals surface area contributed by atoms with Gasteiger partial charge in [0.1, 0.15) is 5.75 Å². The summed E-state index contributed by atoms with van der Waals surface area (Å²) in [7, 11) is 3.76. The van der Waals surface area contributed by atoms with Crippen LogP contribution in [0.3, 0.4) is 0 Å². The van der Waals surface area contributed by atoms with Gasteiger partial charge in [-0.2, -0.15) is 0 Å². The second-order valence-electron chi connectivity index (χ2n) is 5.86. The second kappa shape index (κ2) is 6.89. The van der Waals surface area contributed by atoms with E-state index in [0.29, 0.717) is 0 Å². The van der Waals surface area contributed by atoms with E-state index in [1.54, 1.807) is 7.11 Å². The maximum absolute atomic E-state index is 12.5. The van der Waals surface area contributed by atoms with Crippen LogP contribution in [0.15, 0.2) is 24.3 Å². The van der Waals surface area contributed by atoms with Gasteiger partial charge in [-0.25, -0.2) is 0 Å². The van der Waals surface area contributed by atoms with Crippen molar-refractivity contribution < 1.29 is 9.53 Å². The van der Waals surface area contributed by atoms with Gasteiger partial charge in [-0.15, -0.1) is 0 Å². The van der Waals surface area contributed by atoms with E-state index in [2.05, 4.69) is 18.9 Å². The minimum absolute atomic E-state index is 0.0899. The SMILES string of the molecule is CCC(CN(C)CC1CC1)C(=O)c1ccc(OC)cc1. The average molecular weight is 275 g/mol. The summed E-state index contributed by atoms with van der Waals surface area (Å²) in [6.45, 7) is 4.08. The first kappa shape index (κ1) is 15.0. The topological polar surface area (TPSA) is 29.5 Å². The lowest BCUT2D eigenvalue weighted by molar-refractivity contribution is 0.0884. The first-order chi connectivity index (χ1) is 9.63. The van der Waals surface area contributed by atoms with Gasteiger partial charge in [0.25, 0.3) is 0 Å². The van der Waals surface area contributed by atoms with Gasteiger partial charge >= 0.3 is 0 Å². The summed E-state index contributed by atoms with van der Waals surface area (Å²) in [4.78, 5) is 14.9. The maximum Gasteiger partial charge on any atom is 0.167 e. The Bertz CT molecular complexity index is 437. The van der Waals surface area contributed by atoms with Gasteiger partial charge in [-0.1, -0.05) is 6.92 Å². The van der Waals surface area contributed by atoms with Crippen molar-refractivity contribution in [2.45, 2.75) is 26.2 Å². The number of rotatable bonds is 8. The third-order valence-electron chi connectivity index (χ3n) is 4.04. The lowest BCUT2D eigenvalue weighted by atomic mass is 9.94. The Hall–Kier alpha value is -1.35. The first-order valence-corrected chi connectivity index (χ1v) is 7.50. The molecule has 20 heavy (non-hydrogen) atoms. The molecule has 0 heterocycles. The molecular weight excluding hydrogens is 250 g/mol. The van der Waals surface area contributed by atoms with E-state index >= 15 is 0 Å². The number of carbonyl (C=O) groups is 1. The average Bonchev–Trinajstić information content (AvgIpc) is 3.28. The number of hydrogen-bond acceptors (Lipinski definition) is 3. The van der Waals surface area contributed by atoms with Crippen LogP contribution in [0.1, 0.15) is 36.5 Å². The molecule has 1 saturated carbocycles. The highest BCUT2D eigenvalue weighted by Gasteiger charge is 2.25. The number of carbonyl (C=O) groups excluding carboxylic acids is 1. The summed E-state index contributed by atoms with van der Waals surface area (Å²) >= 11 is 0. The van der Waals surface area contributed by atoms with Crippen molar-refractivity contribution in [3.05, 3.63) is 29.8 Å². The summed E-state index contributed by atoms with van der Waals surface area (Å²) in [6.07, 6.45) is 3.60. The molecule has 3 heteroatoms. The van der Waals surface area contributed by atoms with Crippen molar-refractivity contribution >= 4 is 5.78 Å². The Morgan fingerprint density at radius 1 is 1.35 bits per heavy atom. The second-order valence-corrected chi connectivity index (χ2v) is 5.86. The summed E-state index contributed by atoms with van der Waals surface area (Å²) in [5.74, 6) is 2.00. The van der Waals surface area contributed by atoms with Gasteiger partial charge in [-0.05, 0) is 56.5 Å². The van der Waals surface area contributed by atoms with E-state index in [1.807, 2.05) is 24.3 Å². The lowest BCUT2D eigenvalue weighted by Crippen LogP contribution is -2.31. The number of ketones is 1. The van der Waals surface area contributed by atoms with E-state index in [1.165, 1.54) is 12.8 Å². The number of Topliss-reactive ketones (excluding diaryl/α,β-unsaturated/α-hetero) is 1. The monoisotopic (exact) mass is 275 g/mol. The molecule has 0 aliphatic heterocycles. The van der Waals surface area contributed by atoms with Crippen molar-refractivity contribution in [2.24, 2.45) is 11.8 Å². The van der Waals surface area contributed by atoms with Crippen molar-refractivity contribution in [3.8, 4) is 5.75 Å². The molecule has 1 fully saturated rings. The van der Waals surface area contributed by atoms with Gasteiger partial charge in [0.15, 0.2) is 5.78 Å². The summed E-state index contributed by atoms with van der Waals surface area (Å²) in [5, 5.41) is 0. The third-order valence-corrected chi connectivity index (χ3v) is 4.04. The molecule has 0 amide bonds. The molecule has 1 aliphatic rings. The van der Waals surface area contributed by atoms with E-state index < -0.39 is 0 Å². The van der Waals surface area contributed by atoms with Crippen molar-refractivity contribution in [1.82, 2.24) is 4.90 Å². The van der Waals surface area contributed by atoms with Crippen molar-refractivity contribution in [3.63, 3.8) is 0 Å². The van der Waals surface area contributed by atoms with Gasteiger partial charge in [0.2, 0.25) is 0 Å². The van der Waals surface area contributed by atoms with Crippen LogP contribution >= 0.6 is 0 Å². The molecule has 0 bridgehead atoms. The smallest absolute Gasteiger partial charge is 0.167 e. The molecule has 1 atom stereocenters. The largest absolute Gasteiger partial charge is 0.497 e. The quantitative estimate of drug-likeness (QED) is 0.682. The number of ether oxygens (including phenoxy) is 1. The molecule has 3 nitrogen and oxygen atoms in total. The van der Waals surface area contributed by atoms with Crippen LogP contribution in [0.2, 0.25) is 0 Å². The lowest BCUT2D eigenvalue weighted by Gasteiger charge is -2.22. The zero-order valence-electron chi connectivity index (χ0n) is 12.8. The van der Waals surface area contributed by atoms with Gasteiger partial charge < -0.3 is 9.64 Å². The Morgan fingerprint density at radius 3 is 2.50 bits per heavy atom. The van der Waals surface area contributed by atoms with Crippen molar-refractivity contribution in [2.75, 3.05) is 27.2 Å². The zero-order valence-corrected chi connectivity index (χ0v) is 12.8. The third kappa shape index (κ3) is 4.07. The molecule has 0 saturated heterocycles. The Labute approximate surface area is 121 Å². The number of methoxy groups -OCH3 is 1. The summed E-state index contributed by atoms with van der Waals surface area (Å²) in [5.41, 5.74) is 0.789. The fraction of sp³-hybridized carbons (Fsp3) is 0.588. The van der Waals surface area contributed by atoms with Gasteiger partial charge in [-0.3, -0.25) is 4.79 Å². The molecule has 1 unspecified atom stereocenters. The molecule has 1 aromatic carbocycles. The molecular formula is C17H25NO2. The van der Waals surface area contributed by atoms with E-state index in [4.69, 9.17) is 4.74 Å². The molecule has 2 rings (SSSR count). The highest BCUT2D eigenvalue weighted by molar-refractivity contribution is 5.98. The number of benzene rings is 1. The molecule has 0 N–H and O–H groups in total. The Kier molecular flexibility index (Phi) is 5.18. The zero-order chi connectivity index (χ0) is 14.5. The fourth-order valence-electron chi connectivity index (χ4n) is 2.58. The molecule has 1 aromatic rings. The van der Waals surface area contributed by atoms with E-state index in [0.717, 1.165) is 36.7 Å². The van der Waals surface area contributed by atoms with Crippen LogP contribution in [0.25, 0.3) is 0 Å². The first-order valence-electron chi connectivity index (χ1n) is 7.50. The van der Waals surface area contributed by atoms with Gasteiger partial charge in [0.05, 0.1) is 7.11 Å². The van der Waals surface area contributed by atoms with Crippen LogP contribution in [-0.2, 0) is 0 Å². The summed E-state index contributed by atoms with van der Waals surface area (Å²) in [6, 6.07) is 7.44. The van der Waals surface area contributed by atoms with Crippen molar-refractivity contribution in [1.29, 1.82) is 0 Å². The Balaban J connectivity index is 1.95. The van der Waals surface area contributed by atoms with Crippen LogP contribution in [0.4, 0.5) is 0 Å². The highest BCUT2D eigenvalue weighted by atomic mass is 16.5. The predicted octanol–water partition coefficient (Wildman–Crippen LogP) is 3.25.